The van der Waals surface area contributed by atoms with E-state index in [0.29, 0.717) is 0 Å². The number of sulfone groups is 1. The van der Waals surface area contributed by atoms with E-state index in [1.165, 1.54) is 19.2 Å². The number of esters is 1. The van der Waals surface area contributed by atoms with Crippen LogP contribution in [0.3, 0.4) is 0 Å². The molecule has 0 radical (unpaired) electrons. The van der Waals surface area contributed by atoms with E-state index in [1.807, 2.05) is 24.3 Å². The van der Waals surface area contributed by atoms with Gasteiger partial charge in [-0.05, 0) is 23.3 Å². The summed E-state index contributed by atoms with van der Waals surface area (Å²) in [5.41, 5.74) is 1.76. The van der Waals surface area contributed by atoms with Crippen molar-refractivity contribution in [1.82, 2.24) is 0 Å². The van der Waals surface area contributed by atoms with E-state index in [4.69, 9.17) is 4.74 Å². The first-order valence-corrected chi connectivity index (χ1v) is 8.44. The predicted octanol–water partition coefficient (Wildman–Crippen LogP) is 2.17. The fourth-order valence-corrected chi connectivity index (χ4v) is 5.00. The first-order valence-electron chi connectivity index (χ1n) is 6.96. The van der Waals surface area contributed by atoms with Gasteiger partial charge < -0.3 is 4.74 Å². The molecule has 0 N–H and O–H groups in total. The molecule has 0 fully saturated rings. The predicted molar refractivity (Wildman–Crippen MR) is 82.2 cm³/mol. The Labute approximate surface area is 129 Å². The minimum absolute atomic E-state index is 0.146. The Bertz CT molecular complexity index is 785. The third-order valence-corrected chi connectivity index (χ3v) is 6.57. The number of ether oxygens (including phenoxy) is 1. The van der Waals surface area contributed by atoms with E-state index in [2.05, 4.69) is 0 Å². The van der Waals surface area contributed by atoms with Crippen molar-refractivity contribution in [3.63, 3.8) is 0 Å². The van der Waals surface area contributed by atoms with Crippen LogP contribution < -0.4 is 0 Å². The van der Waals surface area contributed by atoms with Crippen molar-refractivity contribution >= 4 is 15.8 Å². The van der Waals surface area contributed by atoms with E-state index >= 15 is 0 Å². The Morgan fingerprint density at radius 2 is 1.45 bits per heavy atom. The molecule has 0 unspecified atom stereocenters. The van der Waals surface area contributed by atoms with Gasteiger partial charge in [-0.15, -0.1) is 0 Å². The minimum atomic E-state index is -3.85. The molecular formula is C17H16O4S. The average Bonchev–Trinajstić information content (AvgIpc) is 2.96. The molecule has 2 aromatic carbocycles. The van der Waals surface area contributed by atoms with Crippen LogP contribution in [0.4, 0.5) is 0 Å². The van der Waals surface area contributed by atoms with Gasteiger partial charge in [0.2, 0.25) is 0 Å². The molecule has 0 amide bonds. The van der Waals surface area contributed by atoms with Crippen LogP contribution in [0.25, 0.3) is 0 Å². The Morgan fingerprint density at radius 3 is 1.95 bits per heavy atom. The largest absolute Gasteiger partial charge is 0.468 e. The molecule has 22 heavy (non-hydrogen) atoms. The molecule has 0 saturated heterocycles. The highest BCUT2D eigenvalue weighted by Crippen LogP contribution is 2.40. The van der Waals surface area contributed by atoms with Crippen LogP contribution in [0, 0.1) is 0 Å². The van der Waals surface area contributed by atoms with Crippen molar-refractivity contribution in [2.75, 3.05) is 7.11 Å². The lowest BCUT2D eigenvalue weighted by Gasteiger charge is -2.25. The van der Waals surface area contributed by atoms with Crippen LogP contribution in [-0.2, 0) is 32.2 Å². The molecule has 4 nitrogen and oxygen atoms in total. The summed E-state index contributed by atoms with van der Waals surface area (Å²) < 4.78 is 29.5. The second-order valence-corrected chi connectivity index (χ2v) is 7.68. The summed E-state index contributed by atoms with van der Waals surface area (Å²) in [4.78, 5) is 12.6. The van der Waals surface area contributed by atoms with Crippen LogP contribution in [0.2, 0.25) is 0 Å². The summed E-state index contributed by atoms with van der Waals surface area (Å²) in [7, 11) is -2.62. The quantitative estimate of drug-likeness (QED) is 0.814. The molecule has 0 aromatic heterocycles. The maximum Gasteiger partial charge on any atom is 0.328 e. The fraction of sp³-hybridized carbons (Fsp3) is 0.235. The molecule has 3 rings (SSSR count). The lowest BCUT2D eigenvalue weighted by molar-refractivity contribution is -0.143. The van der Waals surface area contributed by atoms with Crippen molar-refractivity contribution in [2.24, 2.45) is 0 Å². The molecule has 1 aliphatic rings. The maximum atomic E-state index is 13.1. The standard InChI is InChI=1S/C17H16O4S/c1-21-16(18)17(11-13-7-5-6-8-14(13)12-17)22(19,20)15-9-3-2-4-10-15/h2-10H,11-12H2,1H3. The number of benzene rings is 2. The van der Waals surface area contributed by atoms with Crippen LogP contribution in [-0.4, -0.2) is 26.2 Å². The number of carbonyl (C=O) groups excluding carboxylic acids is 1. The minimum Gasteiger partial charge on any atom is -0.468 e. The number of hydrogen-bond acceptors (Lipinski definition) is 4. The van der Waals surface area contributed by atoms with Crippen LogP contribution in [0.5, 0.6) is 0 Å². The summed E-state index contributed by atoms with van der Waals surface area (Å²) >= 11 is 0. The number of fused-ring (bicyclic) bond motifs is 1. The van der Waals surface area contributed by atoms with Crippen molar-refractivity contribution < 1.29 is 17.9 Å². The fourth-order valence-electron chi connectivity index (χ4n) is 3.04. The zero-order valence-corrected chi connectivity index (χ0v) is 13.0. The molecule has 0 aliphatic heterocycles. The third kappa shape index (κ3) is 2.04. The van der Waals surface area contributed by atoms with Crippen LogP contribution in [0.15, 0.2) is 59.5 Å². The zero-order valence-electron chi connectivity index (χ0n) is 12.2. The van der Waals surface area contributed by atoms with Gasteiger partial charge in [-0.2, -0.15) is 0 Å². The molecular weight excluding hydrogens is 300 g/mol. The number of rotatable bonds is 3. The molecule has 0 bridgehead atoms. The van der Waals surface area contributed by atoms with Gasteiger partial charge in [0.25, 0.3) is 0 Å². The molecule has 2 aromatic rings. The van der Waals surface area contributed by atoms with Crippen molar-refractivity contribution in [3.8, 4) is 0 Å². The topological polar surface area (TPSA) is 60.4 Å². The number of carbonyl (C=O) groups is 1. The van der Waals surface area contributed by atoms with E-state index in [1.54, 1.807) is 18.2 Å². The molecule has 5 heteroatoms. The van der Waals surface area contributed by atoms with Gasteiger partial charge in [-0.1, -0.05) is 42.5 Å². The van der Waals surface area contributed by atoms with E-state index in [-0.39, 0.29) is 17.7 Å². The van der Waals surface area contributed by atoms with Gasteiger partial charge in [0.05, 0.1) is 12.0 Å². The van der Waals surface area contributed by atoms with Gasteiger partial charge in [0.15, 0.2) is 14.6 Å². The average molecular weight is 316 g/mol. The molecule has 0 atom stereocenters. The Balaban J connectivity index is 2.17. The van der Waals surface area contributed by atoms with Crippen LogP contribution in [0.1, 0.15) is 11.1 Å². The molecule has 0 saturated carbocycles. The second kappa shape index (κ2) is 5.25. The Hall–Kier alpha value is -2.14. The highest BCUT2D eigenvalue weighted by Gasteiger charge is 2.55. The highest BCUT2D eigenvalue weighted by molar-refractivity contribution is 7.93. The maximum absolute atomic E-state index is 13.1. The SMILES string of the molecule is COC(=O)C1(S(=O)(=O)c2ccccc2)Cc2ccccc2C1. The number of hydrogen-bond donors (Lipinski definition) is 0. The molecule has 1 aliphatic carbocycles. The van der Waals surface area contributed by atoms with Crippen molar-refractivity contribution in [3.05, 3.63) is 65.7 Å². The summed E-state index contributed by atoms with van der Waals surface area (Å²) in [6.45, 7) is 0. The van der Waals surface area contributed by atoms with E-state index < -0.39 is 20.6 Å². The van der Waals surface area contributed by atoms with Crippen molar-refractivity contribution in [2.45, 2.75) is 22.5 Å². The zero-order chi connectivity index (χ0) is 15.8. The van der Waals surface area contributed by atoms with E-state index in [9.17, 15) is 13.2 Å². The summed E-state index contributed by atoms with van der Waals surface area (Å²) in [6.07, 6.45) is 0.292. The smallest absolute Gasteiger partial charge is 0.328 e. The molecule has 114 valence electrons. The van der Waals surface area contributed by atoms with Crippen LogP contribution >= 0.6 is 0 Å². The van der Waals surface area contributed by atoms with E-state index in [0.717, 1.165) is 11.1 Å². The Morgan fingerprint density at radius 1 is 0.955 bits per heavy atom. The van der Waals surface area contributed by atoms with Gasteiger partial charge in [0, 0.05) is 12.8 Å². The van der Waals surface area contributed by atoms with Gasteiger partial charge in [-0.25, -0.2) is 8.42 Å². The first-order chi connectivity index (χ1) is 10.5. The monoisotopic (exact) mass is 316 g/mol. The third-order valence-electron chi connectivity index (χ3n) is 4.20. The summed E-state index contributed by atoms with van der Waals surface area (Å²) in [5, 5.41) is 0. The first kappa shape index (κ1) is 14.8. The molecule has 0 heterocycles. The van der Waals surface area contributed by atoms with Gasteiger partial charge >= 0.3 is 5.97 Å². The lowest BCUT2D eigenvalue weighted by Crippen LogP contribution is -2.48. The Kier molecular flexibility index (Phi) is 3.53. The van der Waals surface area contributed by atoms with Gasteiger partial charge in [-0.3, -0.25) is 4.79 Å². The second-order valence-electron chi connectivity index (χ2n) is 5.42. The normalized spacial score (nSPS) is 16.0. The molecule has 0 spiro atoms. The van der Waals surface area contributed by atoms with Crippen molar-refractivity contribution in [1.29, 1.82) is 0 Å². The highest BCUT2D eigenvalue weighted by atomic mass is 32.2. The summed E-state index contributed by atoms with van der Waals surface area (Å²) in [5.74, 6) is -0.701. The van der Waals surface area contributed by atoms with Gasteiger partial charge in [0.1, 0.15) is 0 Å². The number of methoxy groups -OCH3 is 1. The lowest BCUT2D eigenvalue weighted by atomic mass is 10.1. The summed E-state index contributed by atoms with van der Waals surface area (Å²) in [6, 6.07) is 15.5.